The molecule has 0 unspecified atom stereocenters. The van der Waals surface area contributed by atoms with E-state index in [0.717, 1.165) is 27.5 Å². The van der Waals surface area contributed by atoms with Gasteiger partial charge in [-0.1, -0.05) is 42.8 Å². The molecule has 7 heteroatoms. The number of hydrogen-bond acceptors (Lipinski definition) is 3. The molecule has 0 saturated carbocycles. The maximum absolute atomic E-state index is 13.3. The van der Waals surface area contributed by atoms with E-state index in [1.807, 2.05) is 30.9 Å². The van der Waals surface area contributed by atoms with Crippen molar-refractivity contribution in [2.45, 2.75) is 39.3 Å². The lowest BCUT2D eigenvalue weighted by atomic mass is 10.0. The van der Waals surface area contributed by atoms with Crippen LogP contribution >= 0.6 is 15.9 Å². The zero-order valence-electron chi connectivity index (χ0n) is 16.1. The molecule has 1 aliphatic rings. The lowest BCUT2D eigenvalue weighted by molar-refractivity contribution is -0.135. The van der Waals surface area contributed by atoms with Crippen molar-refractivity contribution in [3.05, 3.63) is 34.4 Å². The number of carbonyl (C=O) groups is 2. The molecule has 0 spiro atoms. The SMILES string of the molecule is COC(=O)N[C@H](C(=O)N1C[C@@H](C)C[C@H]1c1cc2ccc(Br)cc2[nH]1)C(C)C. The highest BCUT2D eigenvalue weighted by Crippen LogP contribution is 2.37. The van der Waals surface area contributed by atoms with Crippen molar-refractivity contribution < 1.29 is 14.3 Å². The van der Waals surface area contributed by atoms with Crippen LogP contribution in [0.15, 0.2) is 28.7 Å². The summed E-state index contributed by atoms with van der Waals surface area (Å²) in [6.45, 7) is 6.67. The fourth-order valence-electron chi connectivity index (χ4n) is 3.76. The first-order valence-electron chi connectivity index (χ1n) is 9.23. The first kappa shape index (κ1) is 19.7. The van der Waals surface area contributed by atoms with E-state index in [2.05, 4.69) is 45.3 Å². The van der Waals surface area contributed by atoms with Crippen LogP contribution in [0.25, 0.3) is 10.9 Å². The van der Waals surface area contributed by atoms with Crippen molar-refractivity contribution in [2.75, 3.05) is 13.7 Å². The minimum atomic E-state index is -0.608. The number of methoxy groups -OCH3 is 1. The number of nitrogens with zero attached hydrogens (tertiary/aromatic N) is 1. The maximum atomic E-state index is 13.3. The van der Waals surface area contributed by atoms with Crippen LogP contribution in [0.2, 0.25) is 0 Å². The number of rotatable bonds is 4. The Labute approximate surface area is 167 Å². The minimum Gasteiger partial charge on any atom is -0.453 e. The first-order valence-corrected chi connectivity index (χ1v) is 10.0. The molecule has 2 amide bonds. The topological polar surface area (TPSA) is 74.4 Å². The summed E-state index contributed by atoms with van der Waals surface area (Å²) in [5.74, 6) is 0.291. The Hall–Kier alpha value is -2.02. The Morgan fingerprint density at radius 1 is 1.33 bits per heavy atom. The Balaban J connectivity index is 1.89. The van der Waals surface area contributed by atoms with Crippen molar-refractivity contribution in [1.29, 1.82) is 0 Å². The number of halogens is 1. The molecular weight excluding hydrogens is 410 g/mol. The molecule has 1 aromatic heterocycles. The minimum absolute atomic E-state index is 0.0284. The van der Waals surface area contributed by atoms with E-state index >= 15 is 0 Å². The molecule has 1 fully saturated rings. The Morgan fingerprint density at radius 3 is 2.74 bits per heavy atom. The molecule has 27 heavy (non-hydrogen) atoms. The first-order chi connectivity index (χ1) is 12.8. The number of alkyl carbamates (subject to hydrolysis) is 1. The molecule has 146 valence electrons. The second kappa shape index (κ2) is 7.92. The number of H-pyrrole nitrogens is 1. The van der Waals surface area contributed by atoms with Crippen molar-refractivity contribution in [3.63, 3.8) is 0 Å². The van der Waals surface area contributed by atoms with Gasteiger partial charge in [-0.2, -0.15) is 0 Å². The van der Waals surface area contributed by atoms with E-state index in [1.54, 1.807) is 0 Å². The van der Waals surface area contributed by atoms with Crippen LogP contribution in [0.1, 0.15) is 38.9 Å². The smallest absolute Gasteiger partial charge is 0.407 e. The van der Waals surface area contributed by atoms with E-state index in [9.17, 15) is 9.59 Å². The lowest BCUT2D eigenvalue weighted by Crippen LogP contribution is -2.51. The number of hydrogen-bond donors (Lipinski definition) is 2. The maximum Gasteiger partial charge on any atom is 0.407 e. The number of ether oxygens (including phenoxy) is 1. The summed E-state index contributed by atoms with van der Waals surface area (Å²) < 4.78 is 5.71. The van der Waals surface area contributed by atoms with E-state index in [4.69, 9.17) is 4.74 Å². The Kier molecular flexibility index (Phi) is 5.79. The van der Waals surface area contributed by atoms with Gasteiger partial charge < -0.3 is 19.9 Å². The van der Waals surface area contributed by atoms with Crippen molar-refractivity contribution in [3.8, 4) is 0 Å². The standard InChI is InChI=1S/C20H26BrN3O3/c1-11(2)18(23-20(26)27-4)19(25)24-10-12(3)7-17(24)16-8-13-5-6-14(21)9-15(13)22-16/h5-6,8-9,11-12,17-18,22H,7,10H2,1-4H3,(H,23,26)/t12-,17-,18-/m0/s1. The summed E-state index contributed by atoms with van der Waals surface area (Å²) >= 11 is 3.50. The molecule has 0 radical (unpaired) electrons. The molecule has 1 aromatic carbocycles. The second-order valence-corrected chi connectivity index (χ2v) is 8.58. The van der Waals surface area contributed by atoms with Gasteiger partial charge in [0.25, 0.3) is 0 Å². The number of fused-ring (bicyclic) bond motifs is 1. The molecule has 2 aromatic rings. The van der Waals surface area contributed by atoms with Gasteiger partial charge in [-0.05, 0) is 41.8 Å². The summed E-state index contributed by atoms with van der Waals surface area (Å²) in [4.78, 5) is 30.3. The van der Waals surface area contributed by atoms with Gasteiger partial charge in [-0.3, -0.25) is 4.79 Å². The van der Waals surface area contributed by atoms with Gasteiger partial charge in [0.15, 0.2) is 0 Å². The molecule has 6 nitrogen and oxygen atoms in total. The summed E-state index contributed by atoms with van der Waals surface area (Å²) in [5, 5.41) is 3.81. The summed E-state index contributed by atoms with van der Waals surface area (Å²) in [5.41, 5.74) is 2.07. The van der Waals surface area contributed by atoms with Gasteiger partial charge in [0.2, 0.25) is 5.91 Å². The summed E-state index contributed by atoms with van der Waals surface area (Å²) in [7, 11) is 1.31. The molecular formula is C20H26BrN3O3. The van der Waals surface area contributed by atoms with Gasteiger partial charge in [0.05, 0.1) is 13.2 Å². The monoisotopic (exact) mass is 435 g/mol. The fraction of sp³-hybridized carbons (Fsp3) is 0.500. The Bertz CT molecular complexity index is 848. The van der Waals surface area contributed by atoms with Crippen molar-refractivity contribution >= 4 is 38.8 Å². The molecule has 3 rings (SSSR count). The van der Waals surface area contributed by atoms with Crippen LogP contribution in [-0.2, 0) is 9.53 Å². The van der Waals surface area contributed by atoms with Crippen LogP contribution < -0.4 is 5.32 Å². The number of amides is 2. The quantitative estimate of drug-likeness (QED) is 0.754. The van der Waals surface area contributed by atoms with Gasteiger partial charge in [0.1, 0.15) is 6.04 Å². The van der Waals surface area contributed by atoms with Crippen LogP contribution in [0.5, 0.6) is 0 Å². The molecule has 1 saturated heterocycles. The summed E-state index contributed by atoms with van der Waals surface area (Å²) in [6, 6.07) is 7.58. The third-order valence-electron chi connectivity index (χ3n) is 5.15. The van der Waals surface area contributed by atoms with Gasteiger partial charge >= 0.3 is 6.09 Å². The average Bonchev–Trinajstić information content (AvgIpc) is 3.21. The predicted octanol–water partition coefficient (Wildman–Crippen LogP) is 4.22. The van der Waals surface area contributed by atoms with Gasteiger partial charge in [-0.15, -0.1) is 0 Å². The highest BCUT2D eigenvalue weighted by Gasteiger charge is 2.39. The third-order valence-corrected chi connectivity index (χ3v) is 5.64. The van der Waals surface area contributed by atoms with E-state index in [-0.39, 0.29) is 17.9 Å². The lowest BCUT2D eigenvalue weighted by Gasteiger charge is -2.30. The highest BCUT2D eigenvalue weighted by molar-refractivity contribution is 9.10. The predicted molar refractivity (Wildman–Crippen MR) is 108 cm³/mol. The molecule has 0 bridgehead atoms. The zero-order valence-corrected chi connectivity index (χ0v) is 17.7. The highest BCUT2D eigenvalue weighted by atomic mass is 79.9. The molecule has 2 N–H and O–H groups in total. The second-order valence-electron chi connectivity index (χ2n) is 7.66. The normalized spacial score (nSPS) is 20.9. The van der Waals surface area contributed by atoms with Crippen molar-refractivity contribution in [1.82, 2.24) is 15.2 Å². The van der Waals surface area contributed by atoms with Gasteiger partial charge in [-0.25, -0.2) is 4.79 Å². The van der Waals surface area contributed by atoms with E-state index < -0.39 is 12.1 Å². The van der Waals surface area contributed by atoms with Crippen molar-refractivity contribution in [2.24, 2.45) is 11.8 Å². The third kappa shape index (κ3) is 4.13. The number of carbonyl (C=O) groups excluding carboxylic acids is 2. The fourth-order valence-corrected chi connectivity index (χ4v) is 4.12. The Morgan fingerprint density at radius 2 is 2.07 bits per heavy atom. The number of nitrogens with one attached hydrogen (secondary N) is 2. The molecule has 3 atom stereocenters. The van der Waals surface area contributed by atoms with Crippen LogP contribution in [0.4, 0.5) is 4.79 Å². The number of aromatic nitrogens is 1. The van der Waals surface area contributed by atoms with E-state index in [0.29, 0.717) is 12.5 Å². The molecule has 1 aliphatic heterocycles. The zero-order chi connectivity index (χ0) is 19.7. The average molecular weight is 436 g/mol. The molecule has 2 heterocycles. The van der Waals surface area contributed by atoms with Gasteiger partial charge in [0, 0.05) is 22.2 Å². The van der Waals surface area contributed by atoms with Crippen LogP contribution in [-0.4, -0.2) is 41.6 Å². The largest absolute Gasteiger partial charge is 0.453 e. The number of likely N-dealkylation sites (tertiary alicyclic amines) is 1. The van der Waals surface area contributed by atoms with E-state index in [1.165, 1.54) is 7.11 Å². The van der Waals surface area contributed by atoms with Crippen LogP contribution in [0.3, 0.4) is 0 Å². The number of benzene rings is 1. The van der Waals surface area contributed by atoms with Crippen LogP contribution in [0, 0.1) is 11.8 Å². The molecule has 0 aliphatic carbocycles. The number of aromatic amines is 1. The summed E-state index contributed by atoms with van der Waals surface area (Å²) in [6.07, 6.45) is 0.310.